The molecule has 1 aliphatic rings. The summed E-state index contributed by atoms with van der Waals surface area (Å²) in [6, 6.07) is 7.83. The van der Waals surface area contributed by atoms with Crippen LogP contribution in [0.15, 0.2) is 29.4 Å². The van der Waals surface area contributed by atoms with Crippen LogP contribution in [0.2, 0.25) is 0 Å². The summed E-state index contributed by atoms with van der Waals surface area (Å²) in [5, 5.41) is 3.55. The van der Waals surface area contributed by atoms with Gasteiger partial charge >= 0.3 is 0 Å². The van der Waals surface area contributed by atoms with E-state index in [0.717, 1.165) is 17.7 Å². The maximum atomic E-state index is 11.9. The molecule has 0 aromatic heterocycles. The van der Waals surface area contributed by atoms with Crippen LogP contribution in [0.3, 0.4) is 0 Å². The standard InChI is InChI=1S/C14H18N4O2/c1-20-13-5-3-2-4-12(13)6-7-18-10-11(8-14(18)19)9-16-17-15/h2-5,11H,6-10H2,1H3. The van der Waals surface area contributed by atoms with Crippen LogP contribution in [-0.4, -0.2) is 37.6 Å². The van der Waals surface area contributed by atoms with Crippen molar-refractivity contribution in [2.75, 3.05) is 26.7 Å². The lowest BCUT2D eigenvalue weighted by atomic mass is 10.1. The summed E-state index contributed by atoms with van der Waals surface area (Å²) in [5.41, 5.74) is 9.41. The third kappa shape index (κ3) is 3.42. The molecule has 0 spiro atoms. The first-order valence-electron chi connectivity index (χ1n) is 6.65. The molecule has 2 rings (SSSR count). The largest absolute Gasteiger partial charge is 0.496 e. The van der Waals surface area contributed by atoms with Gasteiger partial charge in [0.15, 0.2) is 0 Å². The van der Waals surface area contributed by atoms with E-state index >= 15 is 0 Å². The molecule has 1 amide bonds. The van der Waals surface area contributed by atoms with E-state index in [1.54, 1.807) is 7.11 Å². The van der Waals surface area contributed by atoms with E-state index in [2.05, 4.69) is 10.0 Å². The van der Waals surface area contributed by atoms with Crippen molar-refractivity contribution in [1.29, 1.82) is 0 Å². The molecule has 1 aromatic rings. The number of nitrogens with zero attached hydrogens (tertiary/aromatic N) is 4. The monoisotopic (exact) mass is 274 g/mol. The van der Waals surface area contributed by atoms with E-state index in [4.69, 9.17) is 10.3 Å². The second-order valence-electron chi connectivity index (χ2n) is 4.89. The highest BCUT2D eigenvalue weighted by Crippen LogP contribution is 2.21. The number of azide groups is 1. The van der Waals surface area contributed by atoms with Crippen molar-refractivity contribution in [2.45, 2.75) is 12.8 Å². The second-order valence-corrected chi connectivity index (χ2v) is 4.89. The van der Waals surface area contributed by atoms with E-state index in [-0.39, 0.29) is 11.8 Å². The molecule has 0 saturated carbocycles. The zero-order chi connectivity index (χ0) is 14.4. The van der Waals surface area contributed by atoms with Crippen LogP contribution in [0.5, 0.6) is 5.75 Å². The molecule has 1 heterocycles. The second kappa shape index (κ2) is 6.82. The number of likely N-dealkylation sites (tertiary alicyclic amines) is 1. The average molecular weight is 274 g/mol. The Balaban J connectivity index is 1.91. The van der Waals surface area contributed by atoms with E-state index in [0.29, 0.717) is 26.1 Å². The molecule has 1 saturated heterocycles. The molecule has 0 bridgehead atoms. The molecule has 1 atom stereocenters. The predicted molar refractivity (Wildman–Crippen MR) is 75.4 cm³/mol. The normalized spacial score (nSPS) is 17.9. The van der Waals surface area contributed by atoms with Gasteiger partial charge in [-0.3, -0.25) is 4.79 Å². The Labute approximate surface area is 118 Å². The van der Waals surface area contributed by atoms with E-state index in [1.165, 1.54) is 0 Å². The van der Waals surface area contributed by atoms with Crippen LogP contribution in [0.25, 0.3) is 10.4 Å². The highest BCUT2D eigenvalue weighted by molar-refractivity contribution is 5.78. The molecule has 6 nitrogen and oxygen atoms in total. The number of methoxy groups -OCH3 is 1. The molecular formula is C14H18N4O2. The number of carbonyl (C=O) groups is 1. The molecule has 6 heteroatoms. The Bertz CT molecular complexity index is 526. The van der Waals surface area contributed by atoms with Crippen molar-refractivity contribution in [2.24, 2.45) is 11.0 Å². The number of hydrogen-bond acceptors (Lipinski definition) is 3. The van der Waals surface area contributed by atoms with Gasteiger partial charge in [-0.25, -0.2) is 0 Å². The Morgan fingerprint density at radius 2 is 2.30 bits per heavy atom. The summed E-state index contributed by atoms with van der Waals surface area (Å²) in [7, 11) is 1.65. The van der Waals surface area contributed by atoms with Gasteiger partial charge in [0.2, 0.25) is 5.91 Å². The first kappa shape index (κ1) is 14.2. The lowest BCUT2D eigenvalue weighted by molar-refractivity contribution is -0.127. The number of amides is 1. The van der Waals surface area contributed by atoms with Gasteiger partial charge in [0.25, 0.3) is 0 Å². The molecule has 1 fully saturated rings. The molecular weight excluding hydrogens is 256 g/mol. The Morgan fingerprint density at radius 3 is 3.05 bits per heavy atom. The zero-order valence-corrected chi connectivity index (χ0v) is 11.5. The minimum atomic E-state index is 0.137. The maximum absolute atomic E-state index is 11.9. The van der Waals surface area contributed by atoms with Crippen molar-refractivity contribution in [3.05, 3.63) is 40.3 Å². The van der Waals surface area contributed by atoms with Gasteiger partial charge in [-0.15, -0.1) is 0 Å². The molecule has 0 N–H and O–H groups in total. The molecule has 1 unspecified atom stereocenters. The Hall–Kier alpha value is -2.20. The van der Waals surface area contributed by atoms with Crippen LogP contribution in [0.4, 0.5) is 0 Å². The number of ether oxygens (including phenoxy) is 1. The summed E-state index contributed by atoms with van der Waals surface area (Å²) in [6.45, 7) is 1.74. The van der Waals surface area contributed by atoms with Crippen LogP contribution < -0.4 is 4.74 Å². The van der Waals surface area contributed by atoms with E-state index < -0.39 is 0 Å². The summed E-state index contributed by atoms with van der Waals surface area (Å²) in [4.78, 5) is 16.5. The topological polar surface area (TPSA) is 78.3 Å². The first-order valence-corrected chi connectivity index (χ1v) is 6.65. The quantitative estimate of drug-likeness (QED) is 0.453. The summed E-state index contributed by atoms with van der Waals surface area (Å²) in [6.07, 6.45) is 1.24. The third-order valence-electron chi connectivity index (χ3n) is 3.54. The van der Waals surface area contributed by atoms with Crippen LogP contribution in [-0.2, 0) is 11.2 Å². The van der Waals surface area contributed by atoms with Gasteiger partial charge in [-0.05, 0) is 29.5 Å². The fourth-order valence-electron chi connectivity index (χ4n) is 2.51. The van der Waals surface area contributed by atoms with Crippen molar-refractivity contribution in [1.82, 2.24) is 4.90 Å². The average Bonchev–Trinajstić information content (AvgIpc) is 2.83. The molecule has 20 heavy (non-hydrogen) atoms. The fraction of sp³-hybridized carbons (Fsp3) is 0.500. The molecule has 0 radical (unpaired) electrons. The number of hydrogen-bond donors (Lipinski definition) is 0. The summed E-state index contributed by atoms with van der Waals surface area (Å²) < 4.78 is 5.30. The van der Waals surface area contributed by atoms with Gasteiger partial charge < -0.3 is 9.64 Å². The fourth-order valence-corrected chi connectivity index (χ4v) is 2.51. The third-order valence-corrected chi connectivity index (χ3v) is 3.54. The summed E-state index contributed by atoms with van der Waals surface area (Å²) >= 11 is 0. The molecule has 106 valence electrons. The van der Waals surface area contributed by atoms with Crippen LogP contribution in [0.1, 0.15) is 12.0 Å². The number of benzene rings is 1. The van der Waals surface area contributed by atoms with Gasteiger partial charge in [0.1, 0.15) is 5.75 Å². The maximum Gasteiger partial charge on any atom is 0.222 e. The van der Waals surface area contributed by atoms with Gasteiger partial charge in [0.05, 0.1) is 7.11 Å². The van der Waals surface area contributed by atoms with Gasteiger partial charge in [-0.1, -0.05) is 23.3 Å². The van der Waals surface area contributed by atoms with Crippen molar-refractivity contribution >= 4 is 5.91 Å². The first-order chi connectivity index (χ1) is 9.74. The highest BCUT2D eigenvalue weighted by atomic mass is 16.5. The lowest BCUT2D eigenvalue weighted by Gasteiger charge is -2.17. The number of para-hydroxylation sites is 1. The Kier molecular flexibility index (Phi) is 4.85. The minimum Gasteiger partial charge on any atom is -0.496 e. The molecule has 1 aliphatic heterocycles. The Morgan fingerprint density at radius 1 is 1.50 bits per heavy atom. The highest BCUT2D eigenvalue weighted by Gasteiger charge is 2.28. The van der Waals surface area contributed by atoms with Crippen LogP contribution in [0, 0.1) is 5.92 Å². The predicted octanol–water partition coefficient (Wildman–Crippen LogP) is 2.40. The van der Waals surface area contributed by atoms with Crippen molar-refractivity contribution in [3.63, 3.8) is 0 Å². The number of rotatable bonds is 6. The SMILES string of the molecule is COc1ccccc1CCN1CC(CN=[N+]=[N-])CC1=O. The van der Waals surface area contributed by atoms with E-state index in [9.17, 15) is 4.79 Å². The lowest BCUT2D eigenvalue weighted by Crippen LogP contribution is -2.27. The van der Waals surface area contributed by atoms with E-state index in [1.807, 2.05) is 29.2 Å². The smallest absolute Gasteiger partial charge is 0.222 e. The van der Waals surface area contributed by atoms with Gasteiger partial charge in [0, 0.05) is 31.0 Å². The van der Waals surface area contributed by atoms with Crippen LogP contribution >= 0.6 is 0 Å². The number of carbonyl (C=O) groups excluding carboxylic acids is 1. The van der Waals surface area contributed by atoms with Crippen molar-refractivity contribution in [3.8, 4) is 5.75 Å². The molecule has 0 aliphatic carbocycles. The zero-order valence-electron chi connectivity index (χ0n) is 11.5. The van der Waals surface area contributed by atoms with Gasteiger partial charge in [-0.2, -0.15) is 0 Å². The summed E-state index contributed by atoms with van der Waals surface area (Å²) in [5.74, 6) is 1.14. The molecule has 1 aromatic carbocycles. The van der Waals surface area contributed by atoms with Crippen molar-refractivity contribution < 1.29 is 9.53 Å². The minimum absolute atomic E-state index is 0.137.